The first kappa shape index (κ1) is 16.3. The maximum Gasteiger partial charge on any atom is 0.137 e. The average molecular weight is 405 g/mol. The number of hydrogen-bond donors (Lipinski definition) is 1. The lowest BCUT2D eigenvalue weighted by molar-refractivity contribution is 0.237. The van der Waals surface area contributed by atoms with Crippen molar-refractivity contribution in [1.29, 1.82) is 0 Å². The number of halogens is 2. The van der Waals surface area contributed by atoms with Gasteiger partial charge in [0.2, 0.25) is 0 Å². The summed E-state index contributed by atoms with van der Waals surface area (Å²) < 4.78 is 7.58. The first-order valence-corrected chi connectivity index (χ1v) is 8.83. The van der Waals surface area contributed by atoms with E-state index in [1.165, 1.54) is 24.8 Å². The largest absolute Gasteiger partial charge is 0.495 e. The Balaban J connectivity index is 2.03. The Morgan fingerprint density at radius 1 is 1.15 bits per heavy atom. The minimum atomic E-state index is 0.621. The number of hydrogen-bond acceptors (Lipinski definition) is 2. The van der Waals surface area contributed by atoms with Crippen LogP contribution in [-0.4, -0.2) is 13.2 Å². The van der Waals surface area contributed by atoms with E-state index in [1.807, 2.05) is 6.07 Å². The van der Waals surface area contributed by atoms with E-state index in [2.05, 4.69) is 57.1 Å². The monoisotopic (exact) mass is 403 g/mol. The summed E-state index contributed by atoms with van der Waals surface area (Å²) >= 11 is 7.11. The molecule has 1 fully saturated rings. The van der Waals surface area contributed by atoms with Crippen LogP contribution in [0.25, 0.3) is 0 Å². The van der Waals surface area contributed by atoms with E-state index in [-0.39, 0.29) is 0 Å². The lowest BCUT2D eigenvalue weighted by atomic mass is 9.80. The van der Waals surface area contributed by atoms with Crippen LogP contribution < -0.4 is 10.1 Å². The zero-order chi connectivity index (χ0) is 14.7. The Bertz CT molecular complexity index is 454. The average Bonchev–Trinajstić information content (AvgIpc) is 2.34. The zero-order valence-corrected chi connectivity index (χ0v) is 15.6. The fourth-order valence-corrected chi connectivity index (χ4v) is 4.82. The molecule has 2 unspecified atom stereocenters. The second kappa shape index (κ2) is 7.28. The van der Waals surface area contributed by atoms with Gasteiger partial charge in [-0.15, -0.1) is 0 Å². The highest BCUT2D eigenvalue weighted by Crippen LogP contribution is 2.33. The van der Waals surface area contributed by atoms with Crippen molar-refractivity contribution in [1.82, 2.24) is 5.32 Å². The number of methoxy groups -OCH3 is 1. The smallest absolute Gasteiger partial charge is 0.137 e. The van der Waals surface area contributed by atoms with Gasteiger partial charge < -0.3 is 10.1 Å². The lowest BCUT2D eigenvalue weighted by Crippen LogP contribution is -2.36. The fourth-order valence-electron chi connectivity index (χ4n) is 3.34. The van der Waals surface area contributed by atoms with Crippen LogP contribution in [0.5, 0.6) is 5.75 Å². The molecule has 2 nitrogen and oxygen atoms in total. The molecule has 1 aliphatic rings. The van der Waals surface area contributed by atoms with Crippen molar-refractivity contribution in [3.63, 3.8) is 0 Å². The molecule has 1 saturated carbocycles. The normalized spacial score (nSPS) is 26.6. The molecule has 4 heteroatoms. The Morgan fingerprint density at radius 3 is 2.40 bits per heavy atom. The summed E-state index contributed by atoms with van der Waals surface area (Å²) in [6.07, 6.45) is 3.92. The van der Waals surface area contributed by atoms with Crippen LogP contribution in [-0.2, 0) is 6.54 Å². The van der Waals surface area contributed by atoms with Crippen molar-refractivity contribution in [2.45, 2.75) is 45.7 Å². The van der Waals surface area contributed by atoms with Crippen LogP contribution in [0.1, 0.15) is 38.7 Å². The molecular weight excluding hydrogens is 382 g/mol. The summed E-state index contributed by atoms with van der Waals surface area (Å²) in [6.45, 7) is 5.58. The maximum atomic E-state index is 5.51. The molecular formula is C16H23Br2NO. The summed E-state index contributed by atoms with van der Waals surface area (Å²) in [4.78, 5) is 0. The van der Waals surface area contributed by atoms with Crippen molar-refractivity contribution >= 4 is 31.9 Å². The Labute approximate surface area is 138 Å². The van der Waals surface area contributed by atoms with Gasteiger partial charge >= 0.3 is 0 Å². The van der Waals surface area contributed by atoms with Crippen LogP contribution in [0.2, 0.25) is 0 Å². The highest BCUT2D eigenvalue weighted by atomic mass is 79.9. The molecule has 20 heavy (non-hydrogen) atoms. The van der Waals surface area contributed by atoms with Crippen LogP contribution >= 0.6 is 31.9 Å². The third-order valence-electron chi connectivity index (χ3n) is 4.05. The van der Waals surface area contributed by atoms with E-state index >= 15 is 0 Å². The fraction of sp³-hybridized carbons (Fsp3) is 0.625. The summed E-state index contributed by atoms with van der Waals surface area (Å²) in [5.74, 6) is 2.58. The second-order valence-corrected chi connectivity index (χ2v) is 7.85. The zero-order valence-electron chi connectivity index (χ0n) is 12.4. The van der Waals surface area contributed by atoms with E-state index in [4.69, 9.17) is 4.74 Å². The summed E-state index contributed by atoms with van der Waals surface area (Å²) in [5, 5.41) is 3.71. The van der Waals surface area contributed by atoms with Gasteiger partial charge in [0.1, 0.15) is 5.75 Å². The second-order valence-electron chi connectivity index (χ2n) is 6.08. The van der Waals surface area contributed by atoms with Crippen molar-refractivity contribution in [3.8, 4) is 5.75 Å². The number of nitrogens with one attached hydrogen (secondary N) is 1. The van der Waals surface area contributed by atoms with Crippen LogP contribution in [0.4, 0.5) is 0 Å². The molecule has 0 bridgehead atoms. The predicted octanol–water partition coefficient (Wildman–Crippen LogP) is 5.13. The number of rotatable bonds is 4. The number of benzene rings is 1. The SMILES string of the molecule is COc1c(Br)cc(Br)cc1CNC1CC(C)CC(C)C1. The van der Waals surface area contributed by atoms with E-state index < -0.39 is 0 Å². The molecule has 1 N–H and O–H groups in total. The molecule has 1 aromatic rings. The summed E-state index contributed by atoms with van der Waals surface area (Å²) in [6, 6.07) is 4.77. The van der Waals surface area contributed by atoms with Crippen LogP contribution in [0.15, 0.2) is 21.1 Å². The van der Waals surface area contributed by atoms with Crippen LogP contribution in [0.3, 0.4) is 0 Å². The van der Waals surface area contributed by atoms with Gasteiger partial charge in [-0.1, -0.05) is 29.8 Å². The topological polar surface area (TPSA) is 21.3 Å². The molecule has 0 aromatic heterocycles. The third-order valence-corrected chi connectivity index (χ3v) is 5.10. The van der Waals surface area contributed by atoms with E-state index in [0.717, 1.165) is 33.1 Å². The molecule has 0 amide bonds. The molecule has 0 heterocycles. The van der Waals surface area contributed by atoms with E-state index in [1.54, 1.807) is 7.11 Å². The van der Waals surface area contributed by atoms with Gasteiger partial charge in [-0.05, 0) is 59.2 Å². The molecule has 0 spiro atoms. The lowest BCUT2D eigenvalue weighted by Gasteiger charge is -2.32. The van der Waals surface area contributed by atoms with Gasteiger partial charge in [0.05, 0.1) is 11.6 Å². The van der Waals surface area contributed by atoms with E-state index in [9.17, 15) is 0 Å². The highest BCUT2D eigenvalue weighted by Gasteiger charge is 2.23. The molecule has 2 rings (SSSR count). The van der Waals surface area contributed by atoms with Gasteiger partial charge in [0.25, 0.3) is 0 Å². The highest BCUT2D eigenvalue weighted by molar-refractivity contribution is 9.11. The first-order chi connectivity index (χ1) is 9.49. The van der Waals surface area contributed by atoms with Crippen molar-refractivity contribution in [2.75, 3.05) is 7.11 Å². The van der Waals surface area contributed by atoms with Crippen molar-refractivity contribution < 1.29 is 4.74 Å². The maximum absolute atomic E-state index is 5.51. The van der Waals surface area contributed by atoms with Gasteiger partial charge in [-0.3, -0.25) is 0 Å². The van der Waals surface area contributed by atoms with Gasteiger partial charge in [0.15, 0.2) is 0 Å². The Kier molecular flexibility index (Phi) is 5.94. The molecule has 1 aromatic carbocycles. The van der Waals surface area contributed by atoms with Crippen molar-refractivity contribution in [3.05, 3.63) is 26.6 Å². The standard InChI is InChI=1S/C16H23Br2NO/c1-10-4-11(2)6-14(5-10)19-9-12-7-13(17)8-15(18)16(12)20-3/h7-8,10-11,14,19H,4-6,9H2,1-3H3. The quantitative estimate of drug-likeness (QED) is 0.750. The number of ether oxygens (including phenoxy) is 1. The first-order valence-electron chi connectivity index (χ1n) is 7.25. The van der Waals surface area contributed by atoms with E-state index in [0.29, 0.717) is 6.04 Å². The van der Waals surface area contributed by atoms with Crippen molar-refractivity contribution in [2.24, 2.45) is 11.8 Å². The molecule has 1 aliphatic carbocycles. The summed E-state index contributed by atoms with van der Waals surface area (Å²) in [7, 11) is 1.72. The van der Waals surface area contributed by atoms with Gasteiger partial charge in [-0.25, -0.2) is 0 Å². The molecule has 0 radical (unpaired) electrons. The minimum Gasteiger partial charge on any atom is -0.495 e. The Hall–Kier alpha value is -0.0600. The predicted molar refractivity (Wildman–Crippen MR) is 91.2 cm³/mol. The molecule has 2 atom stereocenters. The Morgan fingerprint density at radius 2 is 1.80 bits per heavy atom. The minimum absolute atomic E-state index is 0.621. The molecule has 0 aliphatic heterocycles. The van der Waals surface area contributed by atoms with Crippen LogP contribution in [0, 0.1) is 11.8 Å². The third kappa shape index (κ3) is 4.22. The summed E-state index contributed by atoms with van der Waals surface area (Å²) in [5.41, 5.74) is 1.19. The molecule has 112 valence electrons. The van der Waals surface area contributed by atoms with Gasteiger partial charge in [-0.2, -0.15) is 0 Å². The van der Waals surface area contributed by atoms with Gasteiger partial charge in [0, 0.05) is 22.6 Å². The molecule has 0 saturated heterocycles.